The van der Waals surface area contributed by atoms with Gasteiger partial charge < -0.3 is 10.1 Å². The molecule has 236 valence electrons. The van der Waals surface area contributed by atoms with E-state index in [0.717, 1.165) is 61.0 Å². The average Bonchev–Trinajstić information content (AvgIpc) is 3.07. The number of carbonyl (C=O) groups is 1. The normalized spacial score (nSPS) is 15.0. The van der Waals surface area contributed by atoms with Crippen LogP contribution < -0.4 is 10.1 Å². The van der Waals surface area contributed by atoms with Gasteiger partial charge >= 0.3 is 0 Å². The smallest absolute Gasteiger partial charge is 0.220 e. The zero-order valence-corrected chi connectivity index (χ0v) is 28.0. The van der Waals surface area contributed by atoms with Gasteiger partial charge in [-0.1, -0.05) is 72.8 Å². The Labute approximate surface area is 276 Å². The molecule has 1 aliphatic rings. The molecule has 0 saturated heterocycles. The molecule has 0 aromatic heterocycles. The first-order valence-electron chi connectivity index (χ1n) is 16.1. The van der Waals surface area contributed by atoms with E-state index in [4.69, 9.17) is 4.74 Å². The fourth-order valence-electron chi connectivity index (χ4n) is 6.91. The number of nitrogens with zero attached hydrogens (tertiary/aromatic N) is 1. The molecule has 1 unspecified atom stereocenters. The van der Waals surface area contributed by atoms with E-state index in [0.29, 0.717) is 25.4 Å². The predicted octanol–water partition coefficient (Wildman–Crippen LogP) is 8.81. The summed E-state index contributed by atoms with van der Waals surface area (Å²) in [5.41, 5.74) is 6.21. The van der Waals surface area contributed by atoms with Crippen molar-refractivity contribution in [1.29, 1.82) is 0 Å². The van der Waals surface area contributed by atoms with Gasteiger partial charge in [0.1, 0.15) is 11.6 Å². The maximum absolute atomic E-state index is 13.2. The summed E-state index contributed by atoms with van der Waals surface area (Å²) in [5, 5.41) is 3.14. The number of benzene rings is 4. The van der Waals surface area contributed by atoms with Crippen molar-refractivity contribution in [2.24, 2.45) is 0 Å². The summed E-state index contributed by atoms with van der Waals surface area (Å²) >= 11 is 3.66. The van der Waals surface area contributed by atoms with E-state index in [9.17, 15) is 9.18 Å². The van der Waals surface area contributed by atoms with E-state index >= 15 is 0 Å². The molecule has 1 N–H and O–H groups in total. The number of rotatable bonds is 14. The molecule has 5 rings (SSSR count). The van der Waals surface area contributed by atoms with Crippen molar-refractivity contribution < 1.29 is 13.9 Å². The molecule has 1 atom stereocenters. The summed E-state index contributed by atoms with van der Waals surface area (Å²) < 4.78 is 19.9. The maximum Gasteiger partial charge on any atom is 0.220 e. The first-order valence-corrected chi connectivity index (χ1v) is 16.9. The zero-order chi connectivity index (χ0) is 31.6. The van der Waals surface area contributed by atoms with Crippen molar-refractivity contribution in [2.75, 3.05) is 26.7 Å². The van der Waals surface area contributed by atoms with Crippen molar-refractivity contribution in [3.63, 3.8) is 0 Å². The van der Waals surface area contributed by atoms with Gasteiger partial charge in [-0.05, 0) is 120 Å². The van der Waals surface area contributed by atoms with Crippen molar-refractivity contribution in [2.45, 2.75) is 63.3 Å². The molecule has 45 heavy (non-hydrogen) atoms. The number of fused-ring (bicyclic) bond motifs is 1. The Morgan fingerprint density at radius 1 is 0.956 bits per heavy atom. The lowest BCUT2D eigenvalue weighted by atomic mass is 9.68. The van der Waals surface area contributed by atoms with Gasteiger partial charge in [-0.3, -0.25) is 9.69 Å². The van der Waals surface area contributed by atoms with Crippen molar-refractivity contribution >= 4 is 21.8 Å². The average molecular weight is 672 g/mol. The molecule has 0 aliphatic carbocycles. The summed E-state index contributed by atoms with van der Waals surface area (Å²) in [6.45, 7) is 4.99. The van der Waals surface area contributed by atoms with Gasteiger partial charge in [-0.15, -0.1) is 0 Å². The number of hydrogen-bond acceptors (Lipinski definition) is 3. The zero-order valence-electron chi connectivity index (χ0n) is 26.4. The third kappa shape index (κ3) is 8.22. The third-order valence-electron chi connectivity index (χ3n) is 9.44. The molecule has 4 nitrogen and oxygen atoms in total. The number of nitrogens with one attached hydrogen (secondary N) is 1. The summed E-state index contributed by atoms with van der Waals surface area (Å²) in [5.74, 6) is 0.665. The second-order valence-corrected chi connectivity index (χ2v) is 13.0. The Morgan fingerprint density at radius 3 is 2.24 bits per heavy atom. The monoisotopic (exact) mass is 670 g/mol. The predicted molar refractivity (Wildman–Crippen MR) is 184 cm³/mol. The molecule has 0 bridgehead atoms. The van der Waals surface area contributed by atoms with Crippen molar-refractivity contribution in [3.05, 3.63) is 135 Å². The van der Waals surface area contributed by atoms with Crippen LogP contribution in [0.15, 0.2) is 102 Å². The topological polar surface area (TPSA) is 41.6 Å². The number of aryl methyl sites for hydroxylation is 1. The highest BCUT2D eigenvalue weighted by molar-refractivity contribution is 9.10. The Morgan fingerprint density at radius 2 is 1.60 bits per heavy atom. The Bertz CT molecular complexity index is 1490. The van der Waals surface area contributed by atoms with E-state index in [-0.39, 0.29) is 17.1 Å². The van der Waals surface area contributed by atoms with Gasteiger partial charge in [0.2, 0.25) is 5.91 Å². The van der Waals surface area contributed by atoms with Crippen LogP contribution in [0.3, 0.4) is 0 Å². The van der Waals surface area contributed by atoms with Crippen LogP contribution in [0.2, 0.25) is 0 Å². The van der Waals surface area contributed by atoms with Gasteiger partial charge in [0.05, 0.1) is 11.6 Å². The molecule has 6 heteroatoms. The molecule has 4 aromatic rings. The third-order valence-corrected chi connectivity index (χ3v) is 10.1. The second kappa shape index (κ2) is 15.7. The fourth-order valence-corrected chi connectivity index (χ4v) is 7.47. The maximum atomic E-state index is 13.2. The second-order valence-electron chi connectivity index (χ2n) is 12.1. The van der Waals surface area contributed by atoms with Gasteiger partial charge in [-0.25, -0.2) is 4.39 Å². The number of halogens is 2. The van der Waals surface area contributed by atoms with Gasteiger partial charge in [0.15, 0.2) is 0 Å². The van der Waals surface area contributed by atoms with Crippen LogP contribution in [-0.2, 0) is 23.1 Å². The lowest BCUT2D eigenvalue weighted by molar-refractivity contribution is -0.121. The minimum absolute atomic E-state index is 0.0346. The van der Waals surface area contributed by atoms with Gasteiger partial charge in [-0.2, -0.15) is 0 Å². The number of hydrogen-bond donors (Lipinski definition) is 1. The number of amides is 1. The minimum Gasteiger partial charge on any atom is -0.496 e. The Hall–Kier alpha value is -3.48. The van der Waals surface area contributed by atoms with Crippen molar-refractivity contribution in [3.8, 4) is 5.75 Å². The lowest BCUT2D eigenvalue weighted by Crippen LogP contribution is -2.36. The molecule has 0 saturated carbocycles. The minimum atomic E-state index is -0.256. The summed E-state index contributed by atoms with van der Waals surface area (Å²) in [6.07, 6.45) is 5.91. The Balaban J connectivity index is 1.26. The molecule has 0 spiro atoms. The SMILES string of the molecule is COc1cc2c(cc1Br)CCN(CCCC(CCCNC(=O)CCc1ccc(F)cc1)(c1ccccc1)c1ccccc1)C2C. The summed E-state index contributed by atoms with van der Waals surface area (Å²) in [4.78, 5) is 15.3. The lowest BCUT2D eigenvalue weighted by Gasteiger charge is -2.39. The van der Waals surface area contributed by atoms with Crippen LogP contribution in [0, 0.1) is 5.82 Å². The molecule has 1 aliphatic heterocycles. The van der Waals surface area contributed by atoms with E-state index < -0.39 is 0 Å². The standard InChI is InChI=1S/C39H44BrFN2O2/c1-29-35-28-37(45-2)36(40)27-31(35)21-26-43(29)25-10-23-39(32-11-5-3-6-12-32,33-13-7-4-8-14-33)22-9-24-42-38(44)20-17-30-15-18-34(41)19-16-30/h3-8,11-16,18-19,27-29H,9-10,17,20-26H2,1-2H3,(H,42,44). The molecular formula is C39H44BrFN2O2. The van der Waals surface area contributed by atoms with Crippen LogP contribution in [0.25, 0.3) is 0 Å². The largest absolute Gasteiger partial charge is 0.496 e. The van der Waals surface area contributed by atoms with Gasteiger partial charge in [0.25, 0.3) is 0 Å². The highest BCUT2D eigenvalue weighted by Gasteiger charge is 2.34. The quantitative estimate of drug-likeness (QED) is 0.136. The van der Waals surface area contributed by atoms with Crippen LogP contribution in [0.4, 0.5) is 4.39 Å². The number of ether oxygens (including phenoxy) is 1. The molecular weight excluding hydrogens is 627 g/mol. The first kappa shape index (κ1) is 32.9. The van der Waals surface area contributed by atoms with Crippen LogP contribution in [0.1, 0.15) is 72.9 Å². The highest BCUT2D eigenvalue weighted by Crippen LogP contribution is 2.42. The molecule has 0 fully saturated rings. The molecule has 1 amide bonds. The highest BCUT2D eigenvalue weighted by atomic mass is 79.9. The summed E-state index contributed by atoms with van der Waals surface area (Å²) in [7, 11) is 1.73. The fraction of sp³-hybridized carbons (Fsp3) is 0.359. The first-order chi connectivity index (χ1) is 21.9. The molecule has 1 heterocycles. The number of carbonyl (C=O) groups excluding carboxylic acids is 1. The van der Waals surface area contributed by atoms with E-state index in [1.807, 2.05) is 0 Å². The molecule has 4 aromatic carbocycles. The van der Waals surface area contributed by atoms with Crippen LogP contribution >= 0.6 is 15.9 Å². The van der Waals surface area contributed by atoms with E-state index in [2.05, 4.69) is 106 Å². The van der Waals surface area contributed by atoms with Crippen LogP contribution in [-0.4, -0.2) is 37.6 Å². The van der Waals surface area contributed by atoms with Gasteiger partial charge in [0, 0.05) is 31.0 Å². The van der Waals surface area contributed by atoms with Crippen molar-refractivity contribution in [1.82, 2.24) is 10.2 Å². The number of methoxy groups -OCH3 is 1. The van der Waals surface area contributed by atoms with E-state index in [1.54, 1.807) is 19.2 Å². The molecule has 0 radical (unpaired) electrons. The Kier molecular flexibility index (Phi) is 11.5. The van der Waals surface area contributed by atoms with E-state index in [1.165, 1.54) is 34.4 Å². The van der Waals surface area contributed by atoms with Crippen LogP contribution in [0.5, 0.6) is 5.75 Å². The summed E-state index contributed by atoms with van der Waals surface area (Å²) in [6, 6.07) is 32.9.